The summed E-state index contributed by atoms with van der Waals surface area (Å²) in [5, 5.41) is 3.57. The smallest absolute Gasteiger partial charge is 0.325 e. The molecular weight excluding hydrogens is 390 g/mol. The highest BCUT2D eigenvalue weighted by atomic mass is 16.2. The quantitative estimate of drug-likeness (QED) is 0.487. The maximum atomic E-state index is 13.3. The van der Waals surface area contributed by atoms with Crippen molar-refractivity contribution >= 4 is 28.6 Å². The predicted octanol–water partition coefficient (Wildman–Crippen LogP) is 4.42. The van der Waals surface area contributed by atoms with Crippen molar-refractivity contribution in [3.05, 3.63) is 70.9 Å². The zero-order valence-corrected chi connectivity index (χ0v) is 18.5. The van der Waals surface area contributed by atoms with Crippen LogP contribution >= 0.6 is 0 Å². The van der Waals surface area contributed by atoms with Gasteiger partial charge in [-0.3, -0.25) is 14.5 Å². The molecule has 1 unspecified atom stereocenters. The molecule has 1 fully saturated rings. The first-order valence-electron chi connectivity index (χ1n) is 10.4. The number of para-hydroxylation sites is 1. The van der Waals surface area contributed by atoms with Gasteiger partial charge in [0, 0.05) is 22.2 Å². The lowest BCUT2D eigenvalue weighted by molar-refractivity contribution is -0.130. The number of aromatic nitrogens is 1. The highest BCUT2D eigenvalue weighted by Gasteiger charge is 2.49. The van der Waals surface area contributed by atoms with Gasteiger partial charge in [0.2, 0.25) is 0 Å². The van der Waals surface area contributed by atoms with E-state index in [1.165, 1.54) is 0 Å². The van der Waals surface area contributed by atoms with Crippen molar-refractivity contribution < 1.29 is 14.4 Å². The second-order valence-electron chi connectivity index (χ2n) is 9.37. The summed E-state index contributed by atoms with van der Waals surface area (Å²) in [5.41, 5.74) is 2.69. The van der Waals surface area contributed by atoms with E-state index in [0.717, 1.165) is 27.1 Å². The third-order valence-electron chi connectivity index (χ3n) is 6.08. The van der Waals surface area contributed by atoms with Crippen molar-refractivity contribution in [3.63, 3.8) is 0 Å². The largest absolute Gasteiger partial charge is 0.358 e. The van der Waals surface area contributed by atoms with E-state index in [4.69, 9.17) is 0 Å². The first kappa shape index (κ1) is 20.8. The lowest BCUT2D eigenvalue weighted by Crippen LogP contribution is -2.41. The molecule has 4 rings (SSSR count). The maximum absolute atomic E-state index is 13.3. The van der Waals surface area contributed by atoms with E-state index in [1.54, 1.807) is 6.92 Å². The van der Waals surface area contributed by atoms with Crippen LogP contribution in [0.3, 0.4) is 0 Å². The molecule has 0 radical (unpaired) electrons. The van der Waals surface area contributed by atoms with Gasteiger partial charge in [-0.05, 0) is 36.5 Å². The first-order valence-corrected chi connectivity index (χ1v) is 10.4. The second kappa shape index (κ2) is 7.08. The van der Waals surface area contributed by atoms with Crippen molar-refractivity contribution in [2.75, 3.05) is 6.54 Å². The number of urea groups is 1. The van der Waals surface area contributed by atoms with Crippen molar-refractivity contribution in [2.24, 2.45) is 0 Å². The number of benzene rings is 2. The molecule has 0 aliphatic carbocycles. The highest BCUT2D eigenvalue weighted by Crippen LogP contribution is 2.32. The Labute approximate surface area is 181 Å². The van der Waals surface area contributed by atoms with E-state index in [2.05, 4.69) is 31.1 Å². The summed E-state index contributed by atoms with van der Waals surface area (Å²) >= 11 is 0. The number of ketones is 1. The summed E-state index contributed by atoms with van der Waals surface area (Å²) in [4.78, 5) is 43.2. The van der Waals surface area contributed by atoms with Crippen LogP contribution in [0.5, 0.6) is 0 Å². The molecule has 0 bridgehead atoms. The summed E-state index contributed by atoms with van der Waals surface area (Å²) in [5.74, 6) is -0.697. The lowest BCUT2D eigenvalue weighted by Gasteiger charge is -2.24. The van der Waals surface area contributed by atoms with Crippen LogP contribution in [0.1, 0.15) is 54.9 Å². The van der Waals surface area contributed by atoms with Crippen LogP contribution in [0.2, 0.25) is 0 Å². The van der Waals surface area contributed by atoms with E-state index in [-0.39, 0.29) is 17.7 Å². The fourth-order valence-electron chi connectivity index (χ4n) is 4.20. The van der Waals surface area contributed by atoms with Gasteiger partial charge >= 0.3 is 6.03 Å². The number of rotatable bonds is 4. The van der Waals surface area contributed by atoms with E-state index in [9.17, 15) is 14.4 Å². The van der Waals surface area contributed by atoms with Crippen LogP contribution in [-0.4, -0.2) is 34.2 Å². The van der Waals surface area contributed by atoms with Crippen molar-refractivity contribution in [3.8, 4) is 0 Å². The lowest BCUT2D eigenvalue weighted by atomic mass is 9.84. The number of carbonyl (C=O) groups is 3. The number of imide groups is 1. The Morgan fingerprint density at radius 1 is 1.03 bits per heavy atom. The molecule has 1 atom stereocenters. The molecule has 31 heavy (non-hydrogen) atoms. The van der Waals surface area contributed by atoms with Gasteiger partial charge in [0.1, 0.15) is 5.54 Å². The minimum atomic E-state index is -1.21. The minimum Gasteiger partial charge on any atom is -0.358 e. The highest BCUT2D eigenvalue weighted by molar-refractivity contribution is 6.15. The van der Waals surface area contributed by atoms with Gasteiger partial charge in [-0.2, -0.15) is 0 Å². The second-order valence-corrected chi connectivity index (χ2v) is 9.37. The zero-order valence-electron chi connectivity index (χ0n) is 18.5. The number of hydrogen-bond acceptors (Lipinski definition) is 3. The Hall–Kier alpha value is -3.41. The van der Waals surface area contributed by atoms with Crippen molar-refractivity contribution in [1.82, 2.24) is 15.2 Å². The number of nitrogens with zero attached hydrogens (tertiary/aromatic N) is 1. The van der Waals surface area contributed by atoms with Gasteiger partial charge in [-0.15, -0.1) is 0 Å². The summed E-state index contributed by atoms with van der Waals surface area (Å²) in [6, 6.07) is 14.6. The van der Waals surface area contributed by atoms with Gasteiger partial charge in [0.05, 0.1) is 6.54 Å². The van der Waals surface area contributed by atoms with E-state index >= 15 is 0 Å². The van der Waals surface area contributed by atoms with E-state index in [1.807, 2.05) is 55.5 Å². The van der Waals surface area contributed by atoms with Crippen molar-refractivity contribution in [2.45, 2.75) is 45.6 Å². The average molecular weight is 418 g/mol. The monoisotopic (exact) mass is 417 g/mol. The van der Waals surface area contributed by atoms with Crippen molar-refractivity contribution in [1.29, 1.82) is 0 Å². The summed E-state index contributed by atoms with van der Waals surface area (Å²) < 4.78 is 0. The molecule has 2 heterocycles. The zero-order chi connectivity index (χ0) is 22.6. The number of nitrogens with one attached hydrogen (secondary N) is 2. The van der Waals surface area contributed by atoms with Gasteiger partial charge < -0.3 is 10.3 Å². The molecule has 6 nitrogen and oxygen atoms in total. The molecule has 3 amide bonds. The minimum absolute atomic E-state index is 0.0159. The molecule has 1 saturated heterocycles. The molecule has 6 heteroatoms. The number of fused-ring (bicyclic) bond motifs is 1. The van der Waals surface area contributed by atoms with Gasteiger partial charge in [0.15, 0.2) is 5.78 Å². The summed E-state index contributed by atoms with van der Waals surface area (Å²) in [7, 11) is 0. The fraction of sp³-hybridized carbons (Fsp3) is 0.320. The number of aromatic amines is 1. The van der Waals surface area contributed by atoms with Gasteiger partial charge in [-0.25, -0.2) is 4.79 Å². The number of H-pyrrole nitrogens is 1. The molecule has 0 saturated carbocycles. The molecule has 1 aliphatic heterocycles. The predicted molar refractivity (Wildman–Crippen MR) is 120 cm³/mol. The third kappa shape index (κ3) is 3.42. The van der Waals surface area contributed by atoms with E-state index < -0.39 is 17.5 Å². The van der Waals surface area contributed by atoms with Crippen LogP contribution < -0.4 is 5.32 Å². The van der Waals surface area contributed by atoms with Crippen LogP contribution in [0.4, 0.5) is 4.79 Å². The number of aryl methyl sites for hydroxylation is 1. The Bertz CT molecular complexity index is 1200. The fourth-order valence-corrected chi connectivity index (χ4v) is 4.20. The topological polar surface area (TPSA) is 82.3 Å². The molecule has 2 N–H and O–H groups in total. The average Bonchev–Trinajstić information content (AvgIpc) is 3.16. The maximum Gasteiger partial charge on any atom is 0.325 e. The van der Waals surface area contributed by atoms with Crippen LogP contribution in [0.15, 0.2) is 48.5 Å². The number of amides is 3. The Balaban J connectivity index is 1.61. The first-order chi connectivity index (χ1) is 14.5. The van der Waals surface area contributed by atoms with Crippen LogP contribution in [0.25, 0.3) is 10.9 Å². The van der Waals surface area contributed by atoms with Crippen LogP contribution in [-0.2, 0) is 15.7 Å². The van der Waals surface area contributed by atoms with E-state index in [0.29, 0.717) is 11.1 Å². The van der Waals surface area contributed by atoms with Crippen LogP contribution in [0, 0.1) is 6.92 Å². The standard InChI is InChI=1S/C25H27N3O3/c1-15-21(18-8-6-7-9-19(18)26-15)20(29)14-28-22(30)25(5,27-23(28)31)17-12-10-16(11-13-17)24(2,3)4/h6-13,26H,14H2,1-5H3,(H,27,31). The Morgan fingerprint density at radius 3 is 2.32 bits per heavy atom. The van der Waals surface area contributed by atoms with Gasteiger partial charge in [-0.1, -0.05) is 63.2 Å². The molecule has 1 aliphatic rings. The Kier molecular flexibility index (Phi) is 4.76. The summed E-state index contributed by atoms with van der Waals surface area (Å²) in [6.45, 7) is 9.55. The Morgan fingerprint density at radius 2 is 1.68 bits per heavy atom. The molecule has 160 valence electrons. The summed E-state index contributed by atoms with van der Waals surface area (Å²) in [6.07, 6.45) is 0. The number of Topliss-reactive ketones (excluding diaryl/α,β-unsaturated/α-hetero) is 1. The van der Waals surface area contributed by atoms with Gasteiger partial charge in [0.25, 0.3) is 5.91 Å². The molecule has 2 aromatic carbocycles. The third-order valence-corrected chi connectivity index (χ3v) is 6.08. The molecule has 0 spiro atoms. The molecular formula is C25H27N3O3. The molecule has 3 aromatic rings. The number of hydrogen-bond donors (Lipinski definition) is 2. The normalized spacial score (nSPS) is 19.2. The number of carbonyl (C=O) groups excluding carboxylic acids is 3. The SMILES string of the molecule is Cc1[nH]c2ccccc2c1C(=O)CN1C(=O)NC(C)(c2ccc(C(C)(C)C)cc2)C1=O. The molecule has 1 aromatic heterocycles.